The van der Waals surface area contributed by atoms with Crippen molar-refractivity contribution in [3.8, 4) is 0 Å². The molecule has 136 valence electrons. The van der Waals surface area contributed by atoms with Crippen molar-refractivity contribution in [1.82, 2.24) is 10.6 Å². The van der Waals surface area contributed by atoms with Crippen LogP contribution in [0.3, 0.4) is 0 Å². The zero-order valence-corrected chi connectivity index (χ0v) is 14.8. The van der Waals surface area contributed by atoms with Gasteiger partial charge in [0.1, 0.15) is 6.04 Å². The fraction of sp³-hybridized carbons (Fsp3) is 0.250. The van der Waals surface area contributed by atoms with Crippen molar-refractivity contribution >= 4 is 17.8 Å². The summed E-state index contributed by atoms with van der Waals surface area (Å²) >= 11 is 0. The van der Waals surface area contributed by atoms with Gasteiger partial charge >= 0.3 is 5.97 Å². The molecule has 1 atom stereocenters. The van der Waals surface area contributed by atoms with Crippen LogP contribution < -0.4 is 10.6 Å². The lowest BCUT2D eigenvalue weighted by Gasteiger charge is -2.15. The summed E-state index contributed by atoms with van der Waals surface area (Å²) in [4.78, 5) is 35.5. The van der Waals surface area contributed by atoms with Crippen LogP contribution in [0.15, 0.2) is 48.5 Å². The van der Waals surface area contributed by atoms with Gasteiger partial charge in [-0.25, -0.2) is 4.79 Å². The highest BCUT2D eigenvalue weighted by molar-refractivity contribution is 5.97. The van der Waals surface area contributed by atoms with E-state index in [0.717, 1.165) is 16.7 Å². The van der Waals surface area contributed by atoms with E-state index in [1.807, 2.05) is 26.0 Å². The molecule has 6 nitrogen and oxygen atoms in total. The van der Waals surface area contributed by atoms with Gasteiger partial charge in [-0.05, 0) is 42.7 Å². The van der Waals surface area contributed by atoms with Crippen LogP contribution in [0.5, 0.6) is 0 Å². The summed E-state index contributed by atoms with van der Waals surface area (Å²) in [5.74, 6) is -2.05. The minimum absolute atomic E-state index is 0.174. The van der Waals surface area contributed by atoms with Crippen molar-refractivity contribution in [3.05, 3.63) is 70.8 Å². The van der Waals surface area contributed by atoms with Crippen molar-refractivity contribution in [2.45, 2.75) is 26.3 Å². The lowest BCUT2D eigenvalue weighted by atomic mass is 10.1. The van der Waals surface area contributed by atoms with Crippen LogP contribution in [0.1, 0.15) is 27.0 Å². The molecule has 0 aromatic heterocycles. The number of carboxylic acid groups (broad SMARTS) is 1. The molecule has 0 saturated carbocycles. The SMILES string of the molecule is Cc1ccc(C(=O)NCC(=O)NC(Cc2ccccc2)C(=O)O)cc1C. The van der Waals surface area contributed by atoms with E-state index < -0.39 is 17.9 Å². The third kappa shape index (κ3) is 5.44. The number of hydrogen-bond acceptors (Lipinski definition) is 3. The molecule has 2 amide bonds. The zero-order valence-electron chi connectivity index (χ0n) is 14.8. The Kier molecular flexibility index (Phi) is 6.49. The number of carbonyl (C=O) groups is 3. The Balaban J connectivity index is 1.90. The number of aliphatic carboxylic acids is 1. The van der Waals surface area contributed by atoms with Crippen LogP contribution in [0, 0.1) is 13.8 Å². The zero-order chi connectivity index (χ0) is 19.1. The molecular formula is C20H22N2O4. The Morgan fingerprint density at radius 3 is 2.31 bits per heavy atom. The Morgan fingerprint density at radius 2 is 1.69 bits per heavy atom. The first-order valence-electron chi connectivity index (χ1n) is 8.28. The Morgan fingerprint density at radius 1 is 1.00 bits per heavy atom. The van der Waals surface area contributed by atoms with Crippen molar-refractivity contribution in [2.24, 2.45) is 0 Å². The highest BCUT2D eigenvalue weighted by Crippen LogP contribution is 2.09. The largest absolute Gasteiger partial charge is 0.480 e. The van der Waals surface area contributed by atoms with Gasteiger partial charge < -0.3 is 15.7 Å². The van der Waals surface area contributed by atoms with Gasteiger partial charge in [-0.2, -0.15) is 0 Å². The number of rotatable bonds is 7. The molecule has 0 saturated heterocycles. The van der Waals surface area contributed by atoms with Crippen LogP contribution in [0.2, 0.25) is 0 Å². The van der Waals surface area contributed by atoms with E-state index in [2.05, 4.69) is 10.6 Å². The summed E-state index contributed by atoms with van der Waals surface area (Å²) in [6.07, 6.45) is 0.174. The molecule has 26 heavy (non-hydrogen) atoms. The van der Waals surface area contributed by atoms with Crippen LogP contribution >= 0.6 is 0 Å². The maximum absolute atomic E-state index is 12.1. The molecule has 0 spiro atoms. The van der Waals surface area contributed by atoms with Crippen molar-refractivity contribution in [3.63, 3.8) is 0 Å². The normalized spacial score (nSPS) is 11.5. The third-order valence-corrected chi connectivity index (χ3v) is 4.09. The number of aryl methyl sites for hydroxylation is 2. The first-order chi connectivity index (χ1) is 12.4. The summed E-state index contributed by atoms with van der Waals surface area (Å²) in [7, 11) is 0. The highest BCUT2D eigenvalue weighted by atomic mass is 16.4. The Bertz CT molecular complexity index is 803. The predicted molar refractivity (Wildman–Crippen MR) is 98.0 cm³/mol. The molecule has 3 N–H and O–H groups in total. The summed E-state index contributed by atoms with van der Waals surface area (Å²) < 4.78 is 0. The first kappa shape index (κ1) is 19.2. The standard InChI is InChI=1S/C20H22N2O4/c1-13-8-9-16(10-14(13)2)19(24)21-12-18(23)22-17(20(25)26)11-15-6-4-3-5-7-15/h3-10,17H,11-12H2,1-2H3,(H,21,24)(H,22,23)(H,25,26). The van der Waals surface area contributed by atoms with Gasteiger partial charge in [-0.1, -0.05) is 36.4 Å². The van der Waals surface area contributed by atoms with E-state index in [-0.39, 0.29) is 18.9 Å². The second-order valence-corrected chi connectivity index (χ2v) is 6.13. The molecule has 0 aliphatic carbocycles. The molecule has 0 aliphatic heterocycles. The third-order valence-electron chi connectivity index (χ3n) is 4.09. The summed E-state index contributed by atoms with van der Waals surface area (Å²) in [5, 5.41) is 14.2. The van der Waals surface area contributed by atoms with Gasteiger partial charge in [0.2, 0.25) is 5.91 Å². The molecule has 0 aliphatic rings. The number of benzene rings is 2. The van der Waals surface area contributed by atoms with Gasteiger partial charge in [0, 0.05) is 12.0 Å². The number of amides is 2. The summed E-state index contributed by atoms with van der Waals surface area (Å²) in [5.41, 5.74) is 3.32. The van der Waals surface area contributed by atoms with Crippen LogP contribution in [-0.4, -0.2) is 35.5 Å². The van der Waals surface area contributed by atoms with E-state index in [1.165, 1.54) is 0 Å². The van der Waals surface area contributed by atoms with Crippen LogP contribution in [0.4, 0.5) is 0 Å². The molecular weight excluding hydrogens is 332 g/mol. The van der Waals surface area contributed by atoms with Crippen molar-refractivity contribution in [2.75, 3.05) is 6.54 Å². The maximum atomic E-state index is 12.1. The van der Waals surface area contributed by atoms with E-state index in [4.69, 9.17) is 0 Å². The average Bonchev–Trinajstić information content (AvgIpc) is 2.62. The van der Waals surface area contributed by atoms with Crippen molar-refractivity contribution < 1.29 is 19.5 Å². The van der Waals surface area contributed by atoms with E-state index in [9.17, 15) is 19.5 Å². The van der Waals surface area contributed by atoms with E-state index >= 15 is 0 Å². The summed E-state index contributed by atoms with van der Waals surface area (Å²) in [6, 6.07) is 13.3. The lowest BCUT2D eigenvalue weighted by Crippen LogP contribution is -2.46. The monoisotopic (exact) mass is 354 g/mol. The average molecular weight is 354 g/mol. The molecule has 0 bridgehead atoms. The number of nitrogens with one attached hydrogen (secondary N) is 2. The minimum atomic E-state index is -1.12. The smallest absolute Gasteiger partial charge is 0.326 e. The topological polar surface area (TPSA) is 95.5 Å². The molecule has 2 aromatic rings. The van der Waals surface area contributed by atoms with Crippen molar-refractivity contribution in [1.29, 1.82) is 0 Å². The van der Waals surface area contributed by atoms with Gasteiger partial charge in [-0.15, -0.1) is 0 Å². The van der Waals surface area contributed by atoms with Gasteiger partial charge in [0.25, 0.3) is 5.91 Å². The minimum Gasteiger partial charge on any atom is -0.480 e. The second kappa shape index (κ2) is 8.80. The van der Waals surface area contributed by atoms with Gasteiger partial charge in [-0.3, -0.25) is 9.59 Å². The van der Waals surface area contributed by atoms with Crippen LogP contribution in [-0.2, 0) is 16.0 Å². The van der Waals surface area contributed by atoms with Gasteiger partial charge in [0.05, 0.1) is 6.54 Å². The quantitative estimate of drug-likeness (QED) is 0.707. The number of carboxylic acids is 1. The lowest BCUT2D eigenvalue weighted by molar-refractivity contribution is -0.141. The highest BCUT2D eigenvalue weighted by Gasteiger charge is 2.20. The summed E-state index contributed by atoms with van der Waals surface area (Å²) in [6.45, 7) is 3.56. The molecule has 0 fully saturated rings. The Hall–Kier alpha value is -3.15. The molecule has 1 unspecified atom stereocenters. The van der Waals surface area contributed by atoms with E-state index in [1.54, 1.807) is 36.4 Å². The number of carbonyl (C=O) groups excluding carboxylic acids is 2. The first-order valence-corrected chi connectivity index (χ1v) is 8.28. The Labute approximate surface area is 152 Å². The van der Waals surface area contributed by atoms with Gasteiger partial charge in [0.15, 0.2) is 0 Å². The molecule has 2 aromatic carbocycles. The van der Waals surface area contributed by atoms with Crippen LogP contribution in [0.25, 0.3) is 0 Å². The number of hydrogen-bond donors (Lipinski definition) is 3. The maximum Gasteiger partial charge on any atom is 0.326 e. The fourth-order valence-electron chi connectivity index (χ4n) is 2.44. The fourth-order valence-corrected chi connectivity index (χ4v) is 2.44. The molecule has 0 radical (unpaired) electrons. The molecule has 6 heteroatoms. The van der Waals surface area contributed by atoms with E-state index in [0.29, 0.717) is 5.56 Å². The predicted octanol–water partition coefficient (Wildman–Crippen LogP) is 1.85. The molecule has 2 rings (SSSR count). The molecule has 0 heterocycles. The second-order valence-electron chi connectivity index (χ2n) is 6.13.